The minimum atomic E-state index is -0.468. The number of carbonyl (C=O) groups is 4. The van der Waals surface area contributed by atoms with Gasteiger partial charge in [0.1, 0.15) is 23.3 Å². The Hall–Kier alpha value is -3.87. The van der Waals surface area contributed by atoms with Crippen LogP contribution in [0.4, 0.5) is 23.3 Å². The predicted octanol–water partition coefficient (Wildman–Crippen LogP) is 6.34. The summed E-state index contributed by atoms with van der Waals surface area (Å²) in [6.45, 7) is 11.8. The first-order valence-corrected chi connectivity index (χ1v) is 14.1. The highest BCUT2D eigenvalue weighted by Crippen LogP contribution is 2.22. The van der Waals surface area contributed by atoms with E-state index in [4.69, 9.17) is 0 Å². The summed E-state index contributed by atoms with van der Waals surface area (Å²) in [5.41, 5.74) is 0.153. The number of rotatable bonds is 8. The van der Waals surface area contributed by atoms with Gasteiger partial charge in [-0.05, 0) is 75.9 Å². The van der Waals surface area contributed by atoms with E-state index in [1.54, 1.807) is 48.5 Å². The van der Waals surface area contributed by atoms with Crippen LogP contribution in [-0.4, -0.2) is 33.6 Å². The Morgan fingerprint density at radius 3 is 1.29 bits per heavy atom. The van der Waals surface area contributed by atoms with Gasteiger partial charge in [-0.25, -0.2) is 9.97 Å². The van der Waals surface area contributed by atoms with E-state index in [-0.39, 0.29) is 45.4 Å². The average Bonchev–Trinajstić information content (AvgIpc) is 2.81. The molecule has 1 aromatic carbocycles. The van der Waals surface area contributed by atoms with Gasteiger partial charge in [-0.3, -0.25) is 19.2 Å². The molecule has 41 heavy (non-hydrogen) atoms. The number of nitrogens with one attached hydrogen (secondary N) is 4. The van der Waals surface area contributed by atoms with Crippen molar-refractivity contribution < 1.29 is 19.2 Å². The second kappa shape index (κ2) is 13.2. The molecular weight excluding hydrogens is 635 g/mol. The van der Waals surface area contributed by atoms with Gasteiger partial charge in [-0.1, -0.05) is 53.7 Å². The highest BCUT2D eigenvalue weighted by Gasteiger charge is 2.18. The van der Waals surface area contributed by atoms with Crippen molar-refractivity contribution in [3.05, 3.63) is 69.3 Å². The lowest BCUT2D eigenvalue weighted by Crippen LogP contribution is -2.21. The molecule has 0 fully saturated rings. The van der Waals surface area contributed by atoms with Crippen LogP contribution in [-0.2, 0) is 9.59 Å². The lowest BCUT2D eigenvalue weighted by atomic mass is 9.92. The molecule has 2 aromatic heterocycles. The lowest BCUT2D eigenvalue weighted by Gasteiger charge is -2.17. The quantitative estimate of drug-likeness (QED) is 0.206. The minimum absolute atomic E-state index is 0.172. The number of amides is 4. The van der Waals surface area contributed by atoms with Crippen molar-refractivity contribution in [2.75, 3.05) is 21.3 Å². The van der Waals surface area contributed by atoms with Crippen molar-refractivity contribution in [3.63, 3.8) is 0 Å². The van der Waals surface area contributed by atoms with E-state index in [0.29, 0.717) is 28.0 Å². The molecule has 0 unspecified atom stereocenters. The first-order valence-electron chi connectivity index (χ1n) is 13.0. The summed E-state index contributed by atoms with van der Waals surface area (Å²) in [4.78, 5) is 59.2. The monoisotopic (exact) mass is 670 g/mol. The summed E-state index contributed by atoms with van der Waals surface area (Å²) in [5, 5.41) is 10.9. The van der Waals surface area contributed by atoms with Crippen LogP contribution >= 0.6 is 22.6 Å². The first-order chi connectivity index (χ1) is 19.1. The van der Waals surface area contributed by atoms with Gasteiger partial charge in [0, 0.05) is 27.5 Å². The lowest BCUT2D eigenvalue weighted by molar-refractivity contribution is -0.118. The highest BCUT2D eigenvalue weighted by atomic mass is 127. The van der Waals surface area contributed by atoms with Crippen LogP contribution in [0, 0.1) is 14.4 Å². The minimum Gasteiger partial charge on any atom is -0.311 e. The molecule has 4 amide bonds. The van der Waals surface area contributed by atoms with Gasteiger partial charge in [0.15, 0.2) is 0 Å². The maximum Gasteiger partial charge on any atom is 0.256 e. The maximum absolute atomic E-state index is 13.0. The SMILES string of the molecule is CC(C)(C)CC(=O)Nc1cccc(NC(=O)c2cc(I)cc(C(=O)Nc3cccc(NC(=O)CC(C)(C)C)n3)c2)n1. The summed E-state index contributed by atoms with van der Waals surface area (Å²) in [5.74, 6) is -0.128. The molecule has 216 valence electrons. The molecule has 3 aromatic rings. The second-order valence-corrected chi connectivity index (χ2v) is 13.3. The topological polar surface area (TPSA) is 142 Å². The zero-order chi connectivity index (χ0) is 30.4. The normalized spacial score (nSPS) is 11.4. The molecule has 0 radical (unpaired) electrons. The van der Waals surface area contributed by atoms with E-state index in [2.05, 4.69) is 31.2 Å². The van der Waals surface area contributed by atoms with Gasteiger partial charge >= 0.3 is 0 Å². The molecule has 11 heteroatoms. The molecule has 0 atom stereocenters. The van der Waals surface area contributed by atoms with E-state index in [0.717, 1.165) is 0 Å². The van der Waals surface area contributed by atoms with Crippen molar-refractivity contribution in [2.45, 2.75) is 54.4 Å². The van der Waals surface area contributed by atoms with Crippen LogP contribution in [0.15, 0.2) is 54.6 Å². The van der Waals surface area contributed by atoms with E-state index < -0.39 is 11.8 Å². The van der Waals surface area contributed by atoms with E-state index in [9.17, 15) is 19.2 Å². The van der Waals surface area contributed by atoms with Crippen LogP contribution in [0.5, 0.6) is 0 Å². The van der Waals surface area contributed by atoms with Gasteiger partial charge in [0.05, 0.1) is 0 Å². The van der Waals surface area contributed by atoms with E-state index in [1.165, 1.54) is 6.07 Å². The van der Waals surface area contributed by atoms with Gasteiger partial charge in [0.25, 0.3) is 11.8 Å². The molecule has 0 saturated heterocycles. The van der Waals surface area contributed by atoms with E-state index >= 15 is 0 Å². The Morgan fingerprint density at radius 2 is 0.951 bits per heavy atom. The number of carbonyl (C=O) groups excluding carboxylic acids is 4. The molecule has 2 heterocycles. The molecule has 0 aliphatic rings. The van der Waals surface area contributed by atoms with Gasteiger partial charge in [0.2, 0.25) is 11.8 Å². The third kappa shape index (κ3) is 10.9. The average molecular weight is 671 g/mol. The number of aromatic nitrogens is 2. The number of nitrogens with zero attached hydrogens (tertiary/aromatic N) is 2. The zero-order valence-corrected chi connectivity index (χ0v) is 26.2. The van der Waals surface area contributed by atoms with Crippen LogP contribution in [0.1, 0.15) is 75.1 Å². The van der Waals surface area contributed by atoms with E-state index in [1.807, 2.05) is 64.1 Å². The molecule has 0 saturated carbocycles. The second-order valence-electron chi connectivity index (χ2n) is 12.0. The number of hydrogen-bond donors (Lipinski definition) is 4. The molecule has 0 bridgehead atoms. The summed E-state index contributed by atoms with van der Waals surface area (Å²) in [6, 6.07) is 14.6. The van der Waals surface area contributed by atoms with Crippen LogP contribution in [0.3, 0.4) is 0 Å². The molecule has 0 spiro atoms. The molecule has 0 aliphatic carbocycles. The van der Waals surface area contributed by atoms with Crippen molar-refractivity contribution in [2.24, 2.45) is 10.8 Å². The van der Waals surface area contributed by atoms with Crippen molar-refractivity contribution in [1.82, 2.24) is 9.97 Å². The van der Waals surface area contributed by atoms with Crippen molar-refractivity contribution in [1.29, 1.82) is 0 Å². The third-order valence-electron chi connectivity index (χ3n) is 5.32. The zero-order valence-electron chi connectivity index (χ0n) is 24.0. The fraction of sp³-hybridized carbons (Fsp3) is 0.333. The number of halogens is 1. The Labute approximate surface area is 253 Å². The van der Waals surface area contributed by atoms with Crippen molar-refractivity contribution in [3.8, 4) is 0 Å². The fourth-order valence-electron chi connectivity index (χ4n) is 3.71. The molecule has 10 nitrogen and oxygen atoms in total. The van der Waals surface area contributed by atoms with Crippen LogP contribution < -0.4 is 21.3 Å². The van der Waals surface area contributed by atoms with Crippen molar-refractivity contribution >= 4 is 69.5 Å². The van der Waals surface area contributed by atoms with Crippen LogP contribution in [0.2, 0.25) is 0 Å². The number of benzene rings is 1. The van der Waals surface area contributed by atoms with Gasteiger partial charge in [-0.15, -0.1) is 0 Å². The van der Waals surface area contributed by atoms with Gasteiger partial charge < -0.3 is 21.3 Å². The summed E-state index contributed by atoms with van der Waals surface area (Å²) in [7, 11) is 0. The Balaban J connectivity index is 1.69. The summed E-state index contributed by atoms with van der Waals surface area (Å²) >= 11 is 2.03. The molecular formula is C30H35IN6O4. The Bertz CT molecular complexity index is 1350. The number of hydrogen-bond acceptors (Lipinski definition) is 6. The fourth-order valence-corrected chi connectivity index (χ4v) is 4.39. The standard InChI is InChI=1S/C30H35IN6O4/c1-29(2,3)16-25(38)34-21-9-7-11-23(32-21)36-27(40)18-13-19(15-20(31)14-18)28(41)37-24-12-8-10-22(33-24)35-26(39)17-30(4,5)6/h7-15H,16-17H2,1-6H3,(H2,32,34,36,38,40)(H2,33,35,37,39,41). The molecule has 0 aliphatic heterocycles. The smallest absolute Gasteiger partial charge is 0.256 e. The highest BCUT2D eigenvalue weighted by molar-refractivity contribution is 14.1. The Morgan fingerprint density at radius 1 is 0.610 bits per heavy atom. The maximum atomic E-state index is 13.0. The number of pyridine rings is 2. The summed E-state index contributed by atoms with van der Waals surface area (Å²) < 4.78 is 0.674. The van der Waals surface area contributed by atoms with Crippen LogP contribution in [0.25, 0.3) is 0 Å². The first kappa shape index (κ1) is 31.7. The Kier molecular flexibility index (Phi) is 10.2. The predicted molar refractivity (Wildman–Crippen MR) is 169 cm³/mol. The molecule has 4 N–H and O–H groups in total. The molecule has 3 rings (SSSR count). The summed E-state index contributed by atoms with van der Waals surface area (Å²) in [6.07, 6.45) is 0.647. The van der Waals surface area contributed by atoms with Gasteiger partial charge in [-0.2, -0.15) is 0 Å². The largest absolute Gasteiger partial charge is 0.311 e. The number of anilines is 4. The third-order valence-corrected chi connectivity index (χ3v) is 5.94.